The number of halogens is 1. The Kier molecular flexibility index (Phi) is 4.76. The van der Waals surface area contributed by atoms with Crippen LogP contribution in [0.25, 0.3) is 0 Å². The second kappa shape index (κ2) is 6.35. The van der Waals surface area contributed by atoms with Gasteiger partial charge in [0.15, 0.2) is 16.6 Å². The van der Waals surface area contributed by atoms with Gasteiger partial charge in [0, 0.05) is 12.8 Å². The van der Waals surface area contributed by atoms with Crippen LogP contribution in [-0.2, 0) is 4.74 Å². The zero-order valence-electron chi connectivity index (χ0n) is 11.5. The molecule has 0 spiro atoms. The summed E-state index contributed by atoms with van der Waals surface area (Å²) in [6.45, 7) is 1.97. The Bertz CT molecular complexity index is 481. The second-order valence-corrected chi connectivity index (χ2v) is 5.61. The molecule has 4 nitrogen and oxygen atoms in total. The Morgan fingerprint density at radius 1 is 1.35 bits per heavy atom. The normalized spacial score (nSPS) is 17.5. The minimum Gasteiger partial charge on any atom is -0.504 e. The first kappa shape index (κ1) is 15.0. The lowest BCUT2D eigenvalue weighted by molar-refractivity contribution is 0.0519. The van der Waals surface area contributed by atoms with Crippen molar-refractivity contribution in [1.29, 1.82) is 0 Å². The van der Waals surface area contributed by atoms with Crippen LogP contribution in [0.15, 0.2) is 18.2 Å². The predicted octanol–water partition coefficient (Wildman–Crippen LogP) is 3.85. The largest absolute Gasteiger partial charge is 0.504 e. The highest BCUT2D eigenvalue weighted by atomic mass is 35.5. The summed E-state index contributed by atoms with van der Waals surface area (Å²) in [6.07, 6.45) is 4.62. The highest BCUT2D eigenvalue weighted by Gasteiger charge is 2.33. The Morgan fingerprint density at radius 3 is 2.70 bits per heavy atom. The minimum atomic E-state index is -0.789. The van der Waals surface area contributed by atoms with Gasteiger partial charge in [-0.1, -0.05) is 24.1 Å². The Morgan fingerprint density at radius 2 is 2.05 bits per heavy atom. The molecule has 2 rings (SSSR count). The number of alkyl halides is 1. The molecule has 0 amide bonds. The number of aromatic hydroxyl groups is 1. The first-order valence-corrected chi connectivity index (χ1v) is 7.30. The molecule has 0 bridgehead atoms. The number of esters is 1. The molecule has 1 saturated carbocycles. The van der Waals surface area contributed by atoms with Crippen LogP contribution in [0.1, 0.15) is 49.4 Å². The van der Waals surface area contributed by atoms with E-state index in [0.29, 0.717) is 0 Å². The van der Waals surface area contributed by atoms with E-state index >= 15 is 0 Å². The fraction of sp³-hybridized carbons (Fsp3) is 0.533. The van der Waals surface area contributed by atoms with Crippen molar-refractivity contribution in [3.63, 3.8) is 0 Å². The Labute approximate surface area is 123 Å². The van der Waals surface area contributed by atoms with E-state index in [-0.39, 0.29) is 23.7 Å². The topological polar surface area (TPSA) is 55.8 Å². The molecule has 20 heavy (non-hydrogen) atoms. The molecule has 0 heterocycles. The van der Waals surface area contributed by atoms with Gasteiger partial charge in [-0.15, -0.1) is 0 Å². The molecule has 1 fully saturated rings. The monoisotopic (exact) mass is 298 g/mol. The van der Waals surface area contributed by atoms with E-state index in [1.54, 1.807) is 19.1 Å². The van der Waals surface area contributed by atoms with E-state index in [9.17, 15) is 9.90 Å². The van der Waals surface area contributed by atoms with E-state index < -0.39 is 11.0 Å². The van der Waals surface area contributed by atoms with Gasteiger partial charge in [0.2, 0.25) is 0 Å². The maximum Gasteiger partial charge on any atom is 0.342 e. The highest BCUT2D eigenvalue weighted by molar-refractivity contribution is 6.23. The summed E-state index contributed by atoms with van der Waals surface area (Å²) in [5, 5.41) is 9.36. The molecular formula is C15H19ClO4. The average molecular weight is 299 g/mol. The van der Waals surface area contributed by atoms with Gasteiger partial charge in [0.1, 0.15) is 5.56 Å². The number of hydrogen-bond acceptors (Lipinski definition) is 4. The van der Waals surface area contributed by atoms with Crippen molar-refractivity contribution >= 4 is 17.6 Å². The van der Waals surface area contributed by atoms with Gasteiger partial charge in [-0.25, -0.2) is 4.79 Å². The maximum absolute atomic E-state index is 11.7. The minimum absolute atomic E-state index is 0.0976. The number of para-hydroxylation sites is 1. The lowest BCUT2D eigenvalue weighted by Gasteiger charge is -2.32. The van der Waals surface area contributed by atoms with Crippen molar-refractivity contribution < 1.29 is 19.4 Å². The van der Waals surface area contributed by atoms with Gasteiger partial charge in [-0.3, -0.25) is 0 Å². The molecule has 0 radical (unpaired) electrons. The Hall–Kier alpha value is -1.42. The molecule has 1 N–H and O–H groups in total. The number of benzene rings is 1. The summed E-state index contributed by atoms with van der Waals surface area (Å²) >= 11 is 6.43. The fourth-order valence-corrected chi connectivity index (χ4v) is 2.71. The van der Waals surface area contributed by atoms with Gasteiger partial charge < -0.3 is 14.6 Å². The van der Waals surface area contributed by atoms with Gasteiger partial charge in [-0.2, -0.15) is 0 Å². The van der Waals surface area contributed by atoms with Gasteiger partial charge in [0.25, 0.3) is 0 Å². The van der Waals surface area contributed by atoms with E-state index in [1.165, 1.54) is 6.07 Å². The zero-order chi connectivity index (χ0) is 14.6. The fourth-order valence-electron chi connectivity index (χ4n) is 2.36. The number of carbonyl (C=O) groups is 1. The molecule has 0 aromatic heterocycles. The molecule has 0 saturated heterocycles. The maximum atomic E-state index is 11.7. The van der Waals surface area contributed by atoms with Gasteiger partial charge >= 0.3 is 5.97 Å². The van der Waals surface area contributed by atoms with Crippen molar-refractivity contribution in [2.24, 2.45) is 0 Å². The molecule has 1 aliphatic carbocycles. The predicted molar refractivity (Wildman–Crippen MR) is 76.4 cm³/mol. The molecule has 5 heteroatoms. The SMILES string of the molecule is CCOC(=O)c1cccc(OC2(Cl)CCCCC2)c1O. The summed E-state index contributed by atoms with van der Waals surface area (Å²) in [5.74, 6) is -0.549. The third-order valence-electron chi connectivity index (χ3n) is 3.39. The zero-order valence-corrected chi connectivity index (χ0v) is 12.3. The first-order chi connectivity index (χ1) is 9.56. The lowest BCUT2D eigenvalue weighted by Crippen LogP contribution is -2.31. The first-order valence-electron chi connectivity index (χ1n) is 6.93. The molecule has 0 unspecified atom stereocenters. The molecule has 1 aliphatic rings. The van der Waals surface area contributed by atoms with E-state index in [1.807, 2.05) is 0 Å². The van der Waals surface area contributed by atoms with Crippen LogP contribution in [0.4, 0.5) is 0 Å². The summed E-state index contributed by atoms with van der Waals surface area (Å²) in [5.41, 5.74) is 0.0976. The van der Waals surface area contributed by atoms with Crippen LogP contribution in [0.5, 0.6) is 11.5 Å². The van der Waals surface area contributed by atoms with Crippen LogP contribution in [-0.4, -0.2) is 22.7 Å². The van der Waals surface area contributed by atoms with E-state index in [2.05, 4.69) is 0 Å². The number of hydrogen-bond donors (Lipinski definition) is 1. The molecule has 0 aliphatic heterocycles. The molecule has 110 valence electrons. The summed E-state index contributed by atoms with van der Waals surface area (Å²) in [6, 6.07) is 4.75. The lowest BCUT2D eigenvalue weighted by atomic mass is 9.97. The van der Waals surface area contributed by atoms with Crippen LogP contribution < -0.4 is 4.74 Å². The van der Waals surface area contributed by atoms with Crippen LogP contribution in [0, 0.1) is 0 Å². The van der Waals surface area contributed by atoms with Crippen molar-refractivity contribution in [2.75, 3.05) is 6.61 Å². The number of phenols is 1. The molecule has 1 aromatic carbocycles. The van der Waals surface area contributed by atoms with Crippen LogP contribution in [0.3, 0.4) is 0 Å². The number of phenolic OH excluding ortho intramolecular Hbond substituents is 1. The van der Waals surface area contributed by atoms with E-state index in [0.717, 1.165) is 32.1 Å². The summed E-state index contributed by atoms with van der Waals surface area (Å²) in [7, 11) is 0. The Balaban J connectivity index is 2.20. The summed E-state index contributed by atoms with van der Waals surface area (Å²) < 4.78 is 10.6. The highest BCUT2D eigenvalue weighted by Crippen LogP contribution is 2.40. The molecular weight excluding hydrogens is 280 g/mol. The quantitative estimate of drug-likeness (QED) is 0.677. The third-order valence-corrected chi connectivity index (χ3v) is 3.84. The molecule has 1 aromatic rings. The van der Waals surface area contributed by atoms with Crippen molar-refractivity contribution in [3.05, 3.63) is 23.8 Å². The average Bonchev–Trinajstić information content (AvgIpc) is 2.42. The standard InChI is InChI=1S/C15H19ClO4/c1-2-19-14(18)11-7-6-8-12(13(11)17)20-15(16)9-4-3-5-10-15/h6-8,17H,2-5,9-10H2,1H3. The third kappa shape index (κ3) is 3.37. The van der Waals surface area contributed by atoms with Gasteiger partial charge in [-0.05, 0) is 31.9 Å². The summed E-state index contributed by atoms with van der Waals surface area (Å²) in [4.78, 5) is 11.7. The smallest absolute Gasteiger partial charge is 0.342 e. The number of rotatable bonds is 4. The van der Waals surface area contributed by atoms with Crippen molar-refractivity contribution in [1.82, 2.24) is 0 Å². The van der Waals surface area contributed by atoms with Crippen LogP contribution in [0.2, 0.25) is 0 Å². The number of carbonyl (C=O) groups excluding carboxylic acids is 1. The van der Waals surface area contributed by atoms with Gasteiger partial charge in [0.05, 0.1) is 6.61 Å². The van der Waals surface area contributed by atoms with Crippen LogP contribution >= 0.6 is 11.6 Å². The number of ether oxygens (including phenoxy) is 2. The van der Waals surface area contributed by atoms with E-state index in [4.69, 9.17) is 21.1 Å². The van der Waals surface area contributed by atoms with Crippen molar-refractivity contribution in [2.45, 2.75) is 44.1 Å². The second-order valence-electron chi connectivity index (χ2n) is 4.92. The molecule has 0 atom stereocenters. The van der Waals surface area contributed by atoms with Crippen molar-refractivity contribution in [3.8, 4) is 11.5 Å².